The van der Waals surface area contributed by atoms with Crippen molar-refractivity contribution in [3.05, 3.63) is 53.7 Å². The largest absolute Gasteiger partial charge is 0.478 e. The average molecular weight is 323 g/mol. The van der Waals surface area contributed by atoms with Crippen molar-refractivity contribution in [3.63, 3.8) is 0 Å². The zero-order chi connectivity index (χ0) is 16.9. The minimum absolute atomic E-state index is 0.170. The molecule has 1 atom stereocenters. The highest BCUT2D eigenvalue weighted by atomic mass is 16.5. The van der Waals surface area contributed by atoms with E-state index in [4.69, 9.17) is 4.74 Å². The number of hydrogen-bond acceptors (Lipinski definition) is 5. The van der Waals surface area contributed by atoms with Crippen molar-refractivity contribution < 1.29 is 14.3 Å². The Hall–Kier alpha value is -3.02. The number of ether oxygens (including phenoxy) is 1. The van der Waals surface area contributed by atoms with Crippen LogP contribution in [0.2, 0.25) is 0 Å². The van der Waals surface area contributed by atoms with Crippen molar-refractivity contribution in [2.75, 3.05) is 6.61 Å². The van der Waals surface area contributed by atoms with E-state index < -0.39 is 5.92 Å². The molecule has 1 amide bonds. The first-order valence-electron chi connectivity index (χ1n) is 7.73. The minimum atomic E-state index is -0.967. The van der Waals surface area contributed by atoms with Gasteiger partial charge in [-0.1, -0.05) is 30.3 Å². The molecule has 1 aliphatic rings. The quantitative estimate of drug-likeness (QED) is 0.856. The summed E-state index contributed by atoms with van der Waals surface area (Å²) in [6.45, 7) is 2.64. The number of nitrogens with one attached hydrogen (secondary N) is 1. The van der Waals surface area contributed by atoms with Crippen LogP contribution >= 0.6 is 0 Å². The van der Waals surface area contributed by atoms with Gasteiger partial charge in [0.1, 0.15) is 11.6 Å². The summed E-state index contributed by atoms with van der Waals surface area (Å²) in [5.74, 6) is -1.37. The molecular weight excluding hydrogens is 306 g/mol. The lowest BCUT2D eigenvalue weighted by Crippen LogP contribution is -2.37. The number of nitrogens with zero attached hydrogens (tertiary/aromatic N) is 2. The summed E-state index contributed by atoms with van der Waals surface area (Å²) in [6.07, 6.45) is 1.37. The van der Waals surface area contributed by atoms with Crippen LogP contribution in [0.15, 0.2) is 47.5 Å². The summed E-state index contributed by atoms with van der Waals surface area (Å²) in [6, 6.07) is 12.8. The predicted octanol–water partition coefficient (Wildman–Crippen LogP) is 2.31. The normalized spacial score (nSPS) is 15.7. The lowest BCUT2D eigenvalue weighted by atomic mass is 9.97. The Balaban J connectivity index is 1.73. The van der Waals surface area contributed by atoms with Crippen LogP contribution in [0.5, 0.6) is 5.88 Å². The number of carbonyl (C=O) groups is 2. The summed E-state index contributed by atoms with van der Waals surface area (Å²) in [5.41, 5.74) is 1.59. The van der Waals surface area contributed by atoms with E-state index in [0.29, 0.717) is 24.7 Å². The van der Waals surface area contributed by atoms with Crippen molar-refractivity contribution >= 4 is 23.6 Å². The molecule has 122 valence electrons. The van der Waals surface area contributed by atoms with E-state index >= 15 is 0 Å². The Bertz CT molecular complexity index is 787. The lowest BCUT2D eigenvalue weighted by molar-refractivity contribution is -0.122. The molecule has 1 aromatic heterocycles. The third-order valence-electron chi connectivity index (χ3n) is 3.61. The molecule has 0 saturated carbocycles. The van der Waals surface area contributed by atoms with Crippen molar-refractivity contribution in [2.24, 2.45) is 10.9 Å². The summed E-state index contributed by atoms with van der Waals surface area (Å²) in [7, 11) is 0. The zero-order valence-electron chi connectivity index (χ0n) is 13.2. The molecule has 0 bridgehead atoms. The number of rotatable bonds is 5. The van der Waals surface area contributed by atoms with Gasteiger partial charge in [-0.3, -0.25) is 14.6 Å². The second-order valence-corrected chi connectivity index (χ2v) is 5.27. The van der Waals surface area contributed by atoms with Crippen LogP contribution < -0.4 is 10.1 Å². The number of Topliss-reactive ketones (excluding diaryl/α,β-unsaturated/α-hetero) is 1. The van der Waals surface area contributed by atoms with Gasteiger partial charge in [0.25, 0.3) is 0 Å². The van der Waals surface area contributed by atoms with E-state index in [2.05, 4.69) is 15.3 Å². The smallest absolute Gasteiger partial charge is 0.236 e. The third-order valence-corrected chi connectivity index (χ3v) is 3.61. The Morgan fingerprint density at radius 3 is 2.75 bits per heavy atom. The van der Waals surface area contributed by atoms with Crippen molar-refractivity contribution in [1.29, 1.82) is 0 Å². The fourth-order valence-electron chi connectivity index (χ4n) is 2.40. The van der Waals surface area contributed by atoms with Gasteiger partial charge in [-0.05, 0) is 18.6 Å². The van der Waals surface area contributed by atoms with Crippen LogP contribution in [-0.4, -0.2) is 29.5 Å². The highest BCUT2D eigenvalue weighted by Gasteiger charge is 2.32. The summed E-state index contributed by atoms with van der Waals surface area (Å²) in [5, 5.41) is 2.76. The molecular formula is C18H17N3O3. The second kappa shape index (κ2) is 7.04. The number of fused-ring (bicyclic) bond motifs is 1. The molecule has 1 aliphatic heterocycles. The van der Waals surface area contributed by atoms with Gasteiger partial charge in [0.15, 0.2) is 0 Å². The number of pyridine rings is 1. The van der Waals surface area contributed by atoms with Crippen molar-refractivity contribution in [1.82, 2.24) is 10.3 Å². The zero-order valence-corrected chi connectivity index (χ0v) is 13.2. The Morgan fingerprint density at radius 1 is 1.21 bits per heavy atom. The number of aliphatic imine (C=N–C) groups is 1. The molecule has 24 heavy (non-hydrogen) atoms. The van der Waals surface area contributed by atoms with Crippen LogP contribution in [0.4, 0.5) is 5.69 Å². The van der Waals surface area contributed by atoms with E-state index in [1.807, 2.05) is 37.3 Å². The molecule has 2 heterocycles. The van der Waals surface area contributed by atoms with Gasteiger partial charge in [-0.2, -0.15) is 0 Å². The van der Waals surface area contributed by atoms with Gasteiger partial charge in [-0.15, -0.1) is 0 Å². The molecule has 0 fully saturated rings. The van der Waals surface area contributed by atoms with Gasteiger partial charge in [0.2, 0.25) is 17.6 Å². The highest BCUT2D eigenvalue weighted by Crippen LogP contribution is 2.27. The average Bonchev–Trinajstić information content (AvgIpc) is 2.61. The van der Waals surface area contributed by atoms with E-state index in [0.717, 1.165) is 5.56 Å². The Kier molecular flexibility index (Phi) is 4.65. The highest BCUT2D eigenvalue weighted by molar-refractivity contribution is 6.22. The third kappa shape index (κ3) is 3.32. The van der Waals surface area contributed by atoms with Gasteiger partial charge >= 0.3 is 0 Å². The first-order chi connectivity index (χ1) is 11.7. The predicted molar refractivity (Wildman–Crippen MR) is 89.7 cm³/mol. The van der Waals surface area contributed by atoms with E-state index in [1.165, 1.54) is 6.21 Å². The number of hydrogen-bond donors (Lipinski definition) is 1. The maximum absolute atomic E-state index is 12.6. The van der Waals surface area contributed by atoms with E-state index in [1.54, 1.807) is 12.1 Å². The van der Waals surface area contributed by atoms with Gasteiger partial charge in [0, 0.05) is 18.8 Å². The topological polar surface area (TPSA) is 80.6 Å². The fourth-order valence-corrected chi connectivity index (χ4v) is 2.40. The fraction of sp³-hybridized carbons (Fsp3) is 0.222. The maximum Gasteiger partial charge on any atom is 0.236 e. The van der Waals surface area contributed by atoms with Gasteiger partial charge in [0.05, 0.1) is 12.3 Å². The molecule has 3 rings (SSSR count). The van der Waals surface area contributed by atoms with Crippen LogP contribution in [0.25, 0.3) is 0 Å². The number of carbonyl (C=O) groups excluding carboxylic acids is 2. The van der Waals surface area contributed by atoms with Crippen LogP contribution in [0.1, 0.15) is 23.0 Å². The summed E-state index contributed by atoms with van der Waals surface area (Å²) in [4.78, 5) is 33.2. The molecule has 6 nitrogen and oxygen atoms in total. The maximum atomic E-state index is 12.6. The Labute approximate surface area is 139 Å². The summed E-state index contributed by atoms with van der Waals surface area (Å²) < 4.78 is 5.31. The molecule has 0 spiro atoms. The van der Waals surface area contributed by atoms with Crippen LogP contribution in [0, 0.1) is 5.92 Å². The monoisotopic (exact) mass is 323 g/mol. The number of amides is 1. The summed E-state index contributed by atoms with van der Waals surface area (Å²) >= 11 is 0. The molecule has 1 N–H and O–H groups in total. The van der Waals surface area contributed by atoms with E-state index in [-0.39, 0.29) is 17.4 Å². The van der Waals surface area contributed by atoms with Crippen molar-refractivity contribution in [3.8, 4) is 5.88 Å². The molecule has 0 radical (unpaired) electrons. The van der Waals surface area contributed by atoms with Gasteiger partial charge < -0.3 is 10.1 Å². The molecule has 1 aromatic carbocycles. The molecule has 1 unspecified atom stereocenters. The SMILES string of the molecule is CCOc1ccc2c(n1)C(=O)C(C(=O)NCc1ccccc1)C=N2. The lowest BCUT2D eigenvalue weighted by Gasteiger charge is -2.17. The van der Waals surface area contributed by atoms with Gasteiger partial charge in [-0.25, -0.2) is 4.98 Å². The number of ketones is 1. The molecule has 0 saturated heterocycles. The molecule has 6 heteroatoms. The van der Waals surface area contributed by atoms with Crippen LogP contribution in [-0.2, 0) is 11.3 Å². The number of benzene rings is 1. The van der Waals surface area contributed by atoms with Crippen molar-refractivity contribution in [2.45, 2.75) is 13.5 Å². The second-order valence-electron chi connectivity index (χ2n) is 5.27. The molecule has 0 aliphatic carbocycles. The van der Waals surface area contributed by atoms with Crippen LogP contribution in [0.3, 0.4) is 0 Å². The first-order valence-corrected chi connectivity index (χ1v) is 7.73. The molecule has 2 aromatic rings. The standard InChI is InChI=1S/C18H17N3O3/c1-2-24-15-9-8-14-16(21-15)17(22)13(11-19-14)18(23)20-10-12-6-4-3-5-7-12/h3-9,11,13H,2,10H2,1H3,(H,20,23). The minimum Gasteiger partial charge on any atom is -0.478 e. The number of aromatic nitrogens is 1. The first kappa shape index (κ1) is 15.9. The Morgan fingerprint density at radius 2 is 2.00 bits per heavy atom. The van der Waals surface area contributed by atoms with E-state index in [9.17, 15) is 9.59 Å².